The molecule has 8 nitrogen and oxygen atoms in total. The largest absolute Gasteiger partial charge is 0.468 e. The number of benzene rings is 2. The third-order valence-corrected chi connectivity index (χ3v) is 6.13. The van der Waals surface area contributed by atoms with Crippen molar-refractivity contribution in [2.75, 3.05) is 13.7 Å². The molecule has 2 heterocycles. The van der Waals surface area contributed by atoms with E-state index < -0.39 is 30.2 Å². The second-order valence-corrected chi connectivity index (χ2v) is 8.38. The first-order valence-electron chi connectivity index (χ1n) is 8.88. The Morgan fingerprint density at radius 3 is 2.32 bits per heavy atom. The summed E-state index contributed by atoms with van der Waals surface area (Å²) in [5.41, 5.74) is 0.947. The Balaban J connectivity index is 1.72. The Kier molecular flexibility index (Phi) is 5.65. The van der Waals surface area contributed by atoms with E-state index in [1.807, 2.05) is 0 Å². The first-order chi connectivity index (χ1) is 14.8. The van der Waals surface area contributed by atoms with Gasteiger partial charge in [-0.25, -0.2) is 0 Å². The molecule has 1 aromatic heterocycles. The summed E-state index contributed by atoms with van der Waals surface area (Å²) in [5.74, 6) is -2.42. The van der Waals surface area contributed by atoms with Crippen LogP contribution >= 0.6 is 34.5 Å². The van der Waals surface area contributed by atoms with Gasteiger partial charge in [0.1, 0.15) is 13.1 Å². The summed E-state index contributed by atoms with van der Waals surface area (Å²) in [5, 5.41) is 0.657. The highest BCUT2D eigenvalue weighted by atomic mass is 35.5. The average molecular weight is 478 g/mol. The molecule has 0 fully saturated rings. The second kappa shape index (κ2) is 8.26. The number of esters is 1. The van der Waals surface area contributed by atoms with E-state index in [-0.39, 0.29) is 27.5 Å². The fourth-order valence-electron chi connectivity index (χ4n) is 3.21. The molecule has 31 heavy (non-hydrogen) atoms. The third kappa shape index (κ3) is 3.87. The van der Waals surface area contributed by atoms with Crippen molar-refractivity contribution in [3.63, 3.8) is 0 Å². The van der Waals surface area contributed by atoms with Crippen LogP contribution in [0, 0.1) is 0 Å². The number of carbonyl (C=O) groups excluding carboxylic acids is 4. The smallest absolute Gasteiger partial charge is 0.325 e. The van der Waals surface area contributed by atoms with Crippen molar-refractivity contribution in [1.82, 2.24) is 9.47 Å². The van der Waals surface area contributed by atoms with E-state index in [1.54, 1.807) is 18.2 Å². The average Bonchev–Trinajstić information content (AvgIpc) is 3.18. The SMILES string of the molecule is COC(=O)Cn1c(=NC(=O)CN2C(=O)c3ccccc3C2=O)sc2cc(Cl)cc(Cl)c21. The zero-order chi connectivity index (χ0) is 22.3. The molecule has 158 valence electrons. The number of methoxy groups -OCH3 is 1. The van der Waals surface area contributed by atoms with Gasteiger partial charge in [-0.2, -0.15) is 4.99 Å². The molecule has 0 N–H and O–H groups in total. The lowest BCUT2D eigenvalue weighted by atomic mass is 10.1. The van der Waals surface area contributed by atoms with Crippen molar-refractivity contribution in [3.8, 4) is 0 Å². The maximum Gasteiger partial charge on any atom is 0.325 e. The van der Waals surface area contributed by atoms with E-state index in [1.165, 1.54) is 29.9 Å². The van der Waals surface area contributed by atoms with Crippen LogP contribution in [0.4, 0.5) is 0 Å². The highest BCUT2D eigenvalue weighted by molar-refractivity contribution is 7.16. The highest BCUT2D eigenvalue weighted by Gasteiger charge is 2.36. The molecule has 0 saturated heterocycles. The van der Waals surface area contributed by atoms with Gasteiger partial charge >= 0.3 is 5.97 Å². The number of amides is 3. The summed E-state index contributed by atoms with van der Waals surface area (Å²) < 4.78 is 6.76. The van der Waals surface area contributed by atoms with E-state index in [2.05, 4.69) is 4.99 Å². The predicted molar refractivity (Wildman–Crippen MR) is 114 cm³/mol. The van der Waals surface area contributed by atoms with Gasteiger partial charge in [-0.3, -0.25) is 24.1 Å². The summed E-state index contributed by atoms with van der Waals surface area (Å²) in [6, 6.07) is 9.48. The van der Waals surface area contributed by atoms with Gasteiger partial charge in [0.15, 0.2) is 4.80 Å². The van der Waals surface area contributed by atoms with Gasteiger partial charge in [-0.1, -0.05) is 46.7 Å². The number of fused-ring (bicyclic) bond motifs is 2. The van der Waals surface area contributed by atoms with Crippen LogP contribution in [0.25, 0.3) is 10.2 Å². The van der Waals surface area contributed by atoms with Gasteiger partial charge in [0.2, 0.25) is 0 Å². The summed E-state index contributed by atoms with van der Waals surface area (Å²) in [7, 11) is 1.24. The Labute approximate surface area is 189 Å². The van der Waals surface area contributed by atoms with E-state index >= 15 is 0 Å². The number of hydrogen-bond acceptors (Lipinski definition) is 6. The quantitative estimate of drug-likeness (QED) is 0.424. The minimum absolute atomic E-state index is 0.158. The molecule has 0 aliphatic carbocycles. The molecule has 0 spiro atoms. The van der Waals surface area contributed by atoms with E-state index in [4.69, 9.17) is 27.9 Å². The molecule has 1 aliphatic heterocycles. The molecule has 3 amide bonds. The fraction of sp³-hybridized carbons (Fsp3) is 0.150. The molecular formula is C20H13Cl2N3O5S. The lowest BCUT2D eigenvalue weighted by molar-refractivity contribution is -0.141. The van der Waals surface area contributed by atoms with Crippen LogP contribution < -0.4 is 4.80 Å². The lowest BCUT2D eigenvalue weighted by Gasteiger charge is -2.10. The molecule has 1 aliphatic rings. The van der Waals surface area contributed by atoms with Crippen LogP contribution in [-0.2, 0) is 20.9 Å². The number of hydrogen-bond donors (Lipinski definition) is 0. The van der Waals surface area contributed by atoms with Gasteiger partial charge in [0, 0.05) is 5.02 Å². The molecule has 0 radical (unpaired) electrons. The number of halogens is 2. The Morgan fingerprint density at radius 1 is 1.06 bits per heavy atom. The molecule has 0 bridgehead atoms. The summed E-state index contributed by atoms with van der Waals surface area (Å²) in [4.78, 5) is 54.6. The lowest BCUT2D eigenvalue weighted by Crippen LogP contribution is -2.35. The zero-order valence-electron chi connectivity index (χ0n) is 15.9. The normalized spacial score (nSPS) is 13.8. The Morgan fingerprint density at radius 2 is 1.71 bits per heavy atom. The van der Waals surface area contributed by atoms with Gasteiger partial charge in [0.05, 0.1) is 33.5 Å². The number of nitrogens with zero attached hydrogens (tertiary/aromatic N) is 3. The van der Waals surface area contributed by atoms with Crippen LogP contribution in [0.3, 0.4) is 0 Å². The van der Waals surface area contributed by atoms with Crippen molar-refractivity contribution in [2.24, 2.45) is 4.99 Å². The third-order valence-electron chi connectivity index (χ3n) is 4.60. The molecule has 3 aromatic rings. The van der Waals surface area contributed by atoms with Crippen LogP contribution in [0.2, 0.25) is 10.0 Å². The topological polar surface area (TPSA) is 98.0 Å². The number of imide groups is 1. The number of rotatable bonds is 4. The van der Waals surface area contributed by atoms with Gasteiger partial charge in [-0.05, 0) is 24.3 Å². The van der Waals surface area contributed by atoms with Crippen LogP contribution in [0.15, 0.2) is 41.4 Å². The summed E-state index contributed by atoms with van der Waals surface area (Å²) in [6.45, 7) is -0.774. The predicted octanol–water partition coefficient (Wildman–Crippen LogP) is 2.91. The first kappa shape index (κ1) is 21.2. The molecule has 11 heteroatoms. The number of aromatic nitrogens is 1. The van der Waals surface area contributed by atoms with Crippen molar-refractivity contribution in [2.45, 2.75) is 6.54 Å². The summed E-state index contributed by atoms with van der Waals surface area (Å²) in [6.07, 6.45) is 0. The van der Waals surface area contributed by atoms with Crippen molar-refractivity contribution < 1.29 is 23.9 Å². The second-order valence-electron chi connectivity index (χ2n) is 6.53. The van der Waals surface area contributed by atoms with Gasteiger partial charge < -0.3 is 9.30 Å². The van der Waals surface area contributed by atoms with Crippen molar-refractivity contribution in [3.05, 3.63) is 62.4 Å². The maximum atomic E-state index is 12.7. The Hall–Kier alpha value is -3.01. The molecule has 0 unspecified atom stereocenters. The number of ether oxygens (including phenoxy) is 1. The van der Waals surface area contributed by atoms with E-state index in [9.17, 15) is 19.2 Å². The van der Waals surface area contributed by atoms with E-state index in [0.29, 0.717) is 15.2 Å². The van der Waals surface area contributed by atoms with Crippen LogP contribution in [0.5, 0.6) is 0 Å². The monoisotopic (exact) mass is 477 g/mol. The molecule has 0 saturated carbocycles. The number of thiazole rings is 1. The molecular weight excluding hydrogens is 465 g/mol. The van der Waals surface area contributed by atoms with Crippen LogP contribution in [-0.4, -0.2) is 46.8 Å². The molecule has 2 aromatic carbocycles. The van der Waals surface area contributed by atoms with Crippen molar-refractivity contribution in [1.29, 1.82) is 0 Å². The van der Waals surface area contributed by atoms with E-state index in [0.717, 1.165) is 16.2 Å². The van der Waals surface area contributed by atoms with Crippen LogP contribution in [0.1, 0.15) is 20.7 Å². The first-order valence-corrected chi connectivity index (χ1v) is 10.5. The minimum Gasteiger partial charge on any atom is -0.468 e. The minimum atomic E-state index is -0.734. The summed E-state index contributed by atoms with van der Waals surface area (Å²) >= 11 is 13.4. The highest BCUT2D eigenvalue weighted by Crippen LogP contribution is 2.30. The molecule has 4 rings (SSSR count). The van der Waals surface area contributed by atoms with Gasteiger partial charge in [0.25, 0.3) is 17.7 Å². The standard InChI is InChI=1S/C20H13Cl2N3O5S/c1-30-16(27)9-24-17-13(22)6-10(21)7-14(17)31-20(24)23-15(26)8-25-18(28)11-4-2-3-5-12(11)19(25)29/h2-7H,8-9H2,1H3. The van der Waals surface area contributed by atoms with Gasteiger partial charge in [-0.15, -0.1) is 0 Å². The molecule has 0 atom stereocenters. The number of carbonyl (C=O) groups is 4. The fourth-order valence-corrected chi connectivity index (χ4v) is 5.04. The Bertz CT molecular complexity index is 1310. The zero-order valence-corrected chi connectivity index (χ0v) is 18.3. The van der Waals surface area contributed by atoms with Crippen molar-refractivity contribution >= 4 is 68.4 Å². The maximum absolute atomic E-state index is 12.7.